The number of aryl methyl sites for hydroxylation is 1. The van der Waals surface area contributed by atoms with E-state index in [9.17, 15) is 4.79 Å². The Bertz CT molecular complexity index is 316. The third kappa shape index (κ3) is 4.48. The number of alkyl halides is 1. The van der Waals surface area contributed by atoms with Gasteiger partial charge in [0.1, 0.15) is 0 Å². The lowest BCUT2D eigenvalue weighted by molar-refractivity contribution is 0.102. The Morgan fingerprint density at radius 1 is 1.12 bits per heavy atom. The van der Waals surface area contributed by atoms with Gasteiger partial charge in [-0.1, -0.05) is 66.4 Å². The highest BCUT2D eigenvalue weighted by Gasteiger charge is 2.02. The Labute approximate surface area is 106 Å². The molecule has 0 radical (unpaired) electrons. The van der Waals surface area contributed by atoms with Gasteiger partial charge in [-0.15, -0.1) is 0 Å². The highest BCUT2D eigenvalue weighted by Crippen LogP contribution is 2.10. The van der Waals surface area contributed by atoms with E-state index in [4.69, 9.17) is 0 Å². The molecule has 1 aromatic rings. The van der Waals surface area contributed by atoms with E-state index in [1.54, 1.807) is 0 Å². The number of carbonyl (C=O) groups excluding carboxylic acids is 1. The molecule has 88 valence electrons. The van der Waals surface area contributed by atoms with Crippen LogP contribution in [0.5, 0.6) is 0 Å². The van der Waals surface area contributed by atoms with E-state index in [2.05, 4.69) is 35.0 Å². The summed E-state index contributed by atoms with van der Waals surface area (Å²) in [5.41, 5.74) is 2.14. The minimum Gasteiger partial charge on any atom is -0.293 e. The standard InChI is InChI=1S/C14H19BrO/c1-2-3-4-5-6-12-7-9-13(10-8-12)14(16)11-15/h7-10H,2-6,11H2,1H3. The van der Waals surface area contributed by atoms with Crippen molar-refractivity contribution in [2.45, 2.75) is 39.0 Å². The number of Topliss-reactive ketones (excluding diaryl/α,β-unsaturated/α-hetero) is 1. The van der Waals surface area contributed by atoms with E-state index in [1.165, 1.54) is 31.2 Å². The molecular weight excluding hydrogens is 264 g/mol. The highest BCUT2D eigenvalue weighted by molar-refractivity contribution is 9.09. The molecular formula is C14H19BrO. The molecule has 0 N–H and O–H groups in total. The summed E-state index contributed by atoms with van der Waals surface area (Å²) in [6, 6.07) is 8.00. The molecule has 1 rings (SSSR count). The molecule has 0 bridgehead atoms. The van der Waals surface area contributed by atoms with Gasteiger partial charge in [0.05, 0.1) is 5.33 Å². The van der Waals surface area contributed by atoms with E-state index >= 15 is 0 Å². The molecule has 0 saturated carbocycles. The molecule has 0 spiro atoms. The van der Waals surface area contributed by atoms with Crippen LogP contribution in [0.3, 0.4) is 0 Å². The molecule has 2 heteroatoms. The van der Waals surface area contributed by atoms with Gasteiger partial charge in [0.15, 0.2) is 5.78 Å². The fourth-order valence-electron chi connectivity index (χ4n) is 1.69. The van der Waals surface area contributed by atoms with E-state index in [0.717, 1.165) is 12.0 Å². The molecule has 0 aliphatic carbocycles. The van der Waals surface area contributed by atoms with Crippen molar-refractivity contribution in [2.75, 3.05) is 5.33 Å². The smallest absolute Gasteiger partial charge is 0.173 e. The summed E-state index contributed by atoms with van der Waals surface area (Å²) < 4.78 is 0. The van der Waals surface area contributed by atoms with Crippen LogP contribution in [-0.4, -0.2) is 11.1 Å². The van der Waals surface area contributed by atoms with Crippen molar-refractivity contribution in [3.63, 3.8) is 0 Å². The summed E-state index contributed by atoms with van der Waals surface area (Å²) in [6.07, 6.45) is 6.28. The van der Waals surface area contributed by atoms with Gasteiger partial charge in [-0.2, -0.15) is 0 Å². The Hall–Kier alpha value is -0.630. The van der Waals surface area contributed by atoms with E-state index in [1.807, 2.05) is 12.1 Å². The first-order valence-corrected chi connectivity index (χ1v) is 7.08. The van der Waals surface area contributed by atoms with Crippen molar-refractivity contribution in [1.82, 2.24) is 0 Å². The van der Waals surface area contributed by atoms with Gasteiger partial charge < -0.3 is 0 Å². The Balaban J connectivity index is 2.42. The molecule has 16 heavy (non-hydrogen) atoms. The fraction of sp³-hybridized carbons (Fsp3) is 0.500. The van der Waals surface area contributed by atoms with Gasteiger partial charge in [-0.05, 0) is 18.4 Å². The van der Waals surface area contributed by atoms with Crippen LogP contribution in [0, 0.1) is 0 Å². The molecule has 0 aliphatic rings. The summed E-state index contributed by atoms with van der Waals surface area (Å²) in [5, 5.41) is 0.406. The fourth-order valence-corrected chi connectivity index (χ4v) is 2.01. The van der Waals surface area contributed by atoms with Gasteiger partial charge in [0.2, 0.25) is 0 Å². The maximum absolute atomic E-state index is 11.4. The predicted molar refractivity (Wildman–Crippen MR) is 72.4 cm³/mol. The zero-order chi connectivity index (χ0) is 11.8. The largest absolute Gasteiger partial charge is 0.293 e. The third-order valence-corrected chi connectivity index (χ3v) is 3.23. The normalized spacial score (nSPS) is 10.4. The lowest BCUT2D eigenvalue weighted by Crippen LogP contribution is -1.99. The van der Waals surface area contributed by atoms with Gasteiger partial charge in [-0.3, -0.25) is 4.79 Å². The van der Waals surface area contributed by atoms with Gasteiger partial charge in [-0.25, -0.2) is 0 Å². The van der Waals surface area contributed by atoms with Crippen LogP contribution in [0.25, 0.3) is 0 Å². The van der Waals surface area contributed by atoms with Crippen molar-refractivity contribution in [3.8, 4) is 0 Å². The van der Waals surface area contributed by atoms with Crippen LogP contribution in [-0.2, 0) is 6.42 Å². The van der Waals surface area contributed by atoms with Crippen LogP contribution in [0.1, 0.15) is 48.5 Å². The molecule has 0 aromatic heterocycles. The molecule has 1 nitrogen and oxygen atoms in total. The predicted octanol–water partition coefficient (Wildman–Crippen LogP) is 4.39. The number of unbranched alkanes of at least 4 members (excludes halogenated alkanes) is 3. The first-order chi connectivity index (χ1) is 7.77. The first-order valence-electron chi connectivity index (χ1n) is 5.96. The average Bonchev–Trinajstić information content (AvgIpc) is 2.34. The van der Waals surface area contributed by atoms with E-state index < -0.39 is 0 Å². The first kappa shape index (κ1) is 13.4. The molecule has 0 saturated heterocycles. The van der Waals surface area contributed by atoms with Crippen molar-refractivity contribution < 1.29 is 4.79 Å². The number of carbonyl (C=O) groups is 1. The molecule has 0 fully saturated rings. The number of hydrogen-bond acceptors (Lipinski definition) is 1. The summed E-state index contributed by atoms with van der Waals surface area (Å²) in [4.78, 5) is 11.4. The number of hydrogen-bond donors (Lipinski definition) is 0. The van der Waals surface area contributed by atoms with Gasteiger partial charge >= 0.3 is 0 Å². The van der Waals surface area contributed by atoms with Crippen molar-refractivity contribution >= 4 is 21.7 Å². The summed E-state index contributed by atoms with van der Waals surface area (Å²) >= 11 is 3.18. The summed E-state index contributed by atoms with van der Waals surface area (Å²) in [6.45, 7) is 2.22. The van der Waals surface area contributed by atoms with Crippen molar-refractivity contribution in [3.05, 3.63) is 35.4 Å². The Morgan fingerprint density at radius 2 is 1.81 bits per heavy atom. The third-order valence-electron chi connectivity index (χ3n) is 2.72. The Morgan fingerprint density at radius 3 is 2.38 bits per heavy atom. The highest BCUT2D eigenvalue weighted by atomic mass is 79.9. The summed E-state index contributed by atoms with van der Waals surface area (Å²) in [7, 11) is 0. The second kappa shape index (κ2) is 7.61. The van der Waals surface area contributed by atoms with Gasteiger partial charge in [0, 0.05) is 5.56 Å². The average molecular weight is 283 g/mol. The van der Waals surface area contributed by atoms with Crippen LogP contribution in [0.4, 0.5) is 0 Å². The minimum absolute atomic E-state index is 0.150. The topological polar surface area (TPSA) is 17.1 Å². The summed E-state index contributed by atoms with van der Waals surface area (Å²) in [5.74, 6) is 0.150. The maximum Gasteiger partial charge on any atom is 0.173 e. The number of rotatable bonds is 7. The number of ketones is 1. The van der Waals surface area contributed by atoms with Gasteiger partial charge in [0.25, 0.3) is 0 Å². The van der Waals surface area contributed by atoms with Crippen LogP contribution in [0.2, 0.25) is 0 Å². The lowest BCUT2D eigenvalue weighted by Gasteiger charge is -2.02. The molecule has 0 unspecified atom stereocenters. The van der Waals surface area contributed by atoms with Crippen LogP contribution >= 0.6 is 15.9 Å². The molecule has 0 amide bonds. The SMILES string of the molecule is CCCCCCc1ccc(C(=O)CBr)cc1. The molecule has 0 atom stereocenters. The molecule has 1 aromatic carbocycles. The minimum atomic E-state index is 0.150. The number of benzene rings is 1. The van der Waals surface area contributed by atoms with E-state index in [0.29, 0.717) is 5.33 Å². The molecule has 0 heterocycles. The lowest BCUT2D eigenvalue weighted by atomic mass is 10.0. The second-order valence-electron chi connectivity index (χ2n) is 4.06. The second-order valence-corrected chi connectivity index (χ2v) is 4.63. The Kier molecular flexibility index (Phi) is 6.39. The zero-order valence-electron chi connectivity index (χ0n) is 9.84. The van der Waals surface area contributed by atoms with E-state index in [-0.39, 0.29) is 5.78 Å². The van der Waals surface area contributed by atoms with Crippen molar-refractivity contribution in [1.29, 1.82) is 0 Å². The maximum atomic E-state index is 11.4. The quantitative estimate of drug-likeness (QED) is 0.412. The number of halogens is 1. The zero-order valence-corrected chi connectivity index (χ0v) is 11.4. The molecule has 0 aliphatic heterocycles. The monoisotopic (exact) mass is 282 g/mol. The van der Waals surface area contributed by atoms with Crippen LogP contribution < -0.4 is 0 Å². The van der Waals surface area contributed by atoms with Crippen molar-refractivity contribution in [2.24, 2.45) is 0 Å². The van der Waals surface area contributed by atoms with Crippen LogP contribution in [0.15, 0.2) is 24.3 Å².